The van der Waals surface area contributed by atoms with E-state index in [1.165, 1.54) is 5.56 Å². The molecule has 2 aromatic carbocycles. The van der Waals surface area contributed by atoms with Gasteiger partial charge in [0.25, 0.3) is 0 Å². The number of oxazole rings is 1. The van der Waals surface area contributed by atoms with E-state index in [2.05, 4.69) is 10.6 Å². The zero-order valence-corrected chi connectivity index (χ0v) is 14.3. The van der Waals surface area contributed by atoms with Gasteiger partial charge in [-0.3, -0.25) is 4.57 Å². The fourth-order valence-corrected chi connectivity index (χ4v) is 2.64. The summed E-state index contributed by atoms with van der Waals surface area (Å²) in [6, 6.07) is 12.9. The van der Waals surface area contributed by atoms with E-state index in [4.69, 9.17) is 4.42 Å². The standard InChI is InChI=1S/C19H21N3O3/c1-3-10-22-16-9-8-15(11-17(16)25-19(22)24)21-18(23)20-12-14-6-4-13(2)5-7-14/h4-9,11H,3,10,12H2,1-2H3,(H2,20,21,23). The summed E-state index contributed by atoms with van der Waals surface area (Å²) in [5.74, 6) is -0.377. The van der Waals surface area contributed by atoms with Crippen molar-refractivity contribution in [2.45, 2.75) is 33.4 Å². The van der Waals surface area contributed by atoms with E-state index in [1.54, 1.807) is 22.8 Å². The molecular weight excluding hydrogens is 318 g/mol. The molecule has 0 unspecified atom stereocenters. The lowest BCUT2D eigenvalue weighted by atomic mass is 10.1. The molecule has 0 saturated heterocycles. The smallest absolute Gasteiger partial charge is 0.408 e. The summed E-state index contributed by atoms with van der Waals surface area (Å²) in [6.07, 6.45) is 0.843. The van der Waals surface area contributed by atoms with Gasteiger partial charge >= 0.3 is 11.8 Å². The van der Waals surface area contributed by atoms with Crippen molar-refractivity contribution in [2.24, 2.45) is 0 Å². The van der Waals surface area contributed by atoms with Gasteiger partial charge in [0.1, 0.15) is 0 Å². The molecule has 0 radical (unpaired) electrons. The molecule has 2 N–H and O–H groups in total. The highest BCUT2D eigenvalue weighted by molar-refractivity contribution is 5.91. The number of amides is 2. The quantitative estimate of drug-likeness (QED) is 0.745. The Kier molecular flexibility index (Phi) is 4.88. The first-order valence-corrected chi connectivity index (χ1v) is 8.30. The average Bonchev–Trinajstić information content (AvgIpc) is 2.90. The maximum atomic E-state index is 12.0. The summed E-state index contributed by atoms with van der Waals surface area (Å²) >= 11 is 0. The molecule has 0 aliphatic heterocycles. The zero-order valence-electron chi connectivity index (χ0n) is 14.3. The van der Waals surface area contributed by atoms with Crippen molar-refractivity contribution in [3.8, 4) is 0 Å². The molecule has 1 heterocycles. The van der Waals surface area contributed by atoms with E-state index in [0.717, 1.165) is 17.5 Å². The van der Waals surface area contributed by atoms with Gasteiger partial charge in [0, 0.05) is 24.8 Å². The summed E-state index contributed by atoms with van der Waals surface area (Å²) in [5.41, 5.74) is 3.98. The molecule has 130 valence electrons. The number of nitrogens with one attached hydrogen (secondary N) is 2. The van der Waals surface area contributed by atoms with E-state index in [0.29, 0.717) is 24.4 Å². The van der Waals surface area contributed by atoms with Crippen LogP contribution in [0.4, 0.5) is 10.5 Å². The molecule has 3 aromatic rings. The SMILES string of the molecule is CCCn1c(=O)oc2cc(NC(=O)NCc3ccc(C)cc3)ccc21. The number of rotatable bonds is 5. The Labute approximate surface area is 145 Å². The lowest BCUT2D eigenvalue weighted by molar-refractivity contribution is 0.251. The first-order valence-electron chi connectivity index (χ1n) is 8.30. The van der Waals surface area contributed by atoms with Crippen molar-refractivity contribution < 1.29 is 9.21 Å². The van der Waals surface area contributed by atoms with E-state index < -0.39 is 0 Å². The van der Waals surface area contributed by atoms with Crippen molar-refractivity contribution >= 4 is 22.8 Å². The summed E-state index contributed by atoms with van der Waals surface area (Å²) in [6.45, 7) is 5.07. The van der Waals surface area contributed by atoms with E-state index in [-0.39, 0.29) is 11.8 Å². The van der Waals surface area contributed by atoms with E-state index >= 15 is 0 Å². The van der Waals surface area contributed by atoms with Crippen LogP contribution < -0.4 is 16.4 Å². The van der Waals surface area contributed by atoms with Crippen LogP contribution in [0, 0.1) is 6.92 Å². The number of benzene rings is 2. The largest absolute Gasteiger partial charge is 0.419 e. The highest BCUT2D eigenvalue weighted by atomic mass is 16.4. The van der Waals surface area contributed by atoms with Crippen LogP contribution in [0.5, 0.6) is 0 Å². The summed E-state index contributed by atoms with van der Waals surface area (Å²) < 4.78 is 6.84. The zero-order chi connectivity index (χ0) is 17.8. The number of urea groups is 1. The van der Waals surface area contributed by atoms with Crippen molar-refractivity contribution in [3.05, 3.63) is 64.1 Å². The number of hydrogen-bond acceptors (Lipinski definition) is 3. The molecule has 6 heteroatoms. The van der Waals surface area contributed by atoms with Crippen molar-refractivity contribution in [3.63, 3.8) is 0 Å². The van der Waals surface area contributed by atoms with Gasteiger partial charge < -0.3 is 15.1 Å². The number of anilines is 1. The maximum absolute atomic E-state index is 12.0. The fraction of sp³-hybridized carbons (Fsp3) is 0.263. The van der Waals surface area contributed by atoms with Crippen LogP contribution in [0.15, 0.2) is 51.7 Å². The number of nitrogens with zero attached hydrogens (tertiary/aromatic N) is 1. The van der Waals surface area contributed by atoms with Gasteiger partial charge in [-0.2, -0.15) is 0 Å². The minimum atomic E-state index is -0.377. The Hall–Kier alpha value is -3.02. The van der Waals surface area contributed by atoms with Crippen molar-refractivity contribution in [2.75, 3.05) is 5.32 Å². The summed E-state index contributed by atoms with van der Waals surface area (Å²) in [5, 5.41) is 5.56. The third-order valence-corrected chi connectivity index (χ3v) is 3.95. The van der Waals surface area contributed by atoms with E-state index in [1.807, 2.05) is 38.1 Å². The molecule has 1 aromatic heterocycles. The normalized spacial score (nSPS) is 10.8. The third-order valence-electron chi connectivity index (χ3n) is 3.95. The first kappa shape index (κ1) is 16.8. The van der Waals surface area contributed by atoms with Crippen LogP contribution in [-0.4, -0.2) is 10.6 Å². The minimum Gasteiger partial charge on any atom is -0.408 e. The Bertz CT molecular complexity index is 939. The van der Waals surface area contributed by atoms with Gasteiger partial charge in [-0.25, -0.2) is 9.59 Å². The molecule has 2 amide bonds. The van der Waals surface area contributed by atoms with Gasteiger partial charge in [0.15, 0.2) is 5.58 Å². The summed E-state index contributed by atoms with van der Waals surface area (Å²) in [4.78, 5) is 23.9. The van der Waals surface area contributed by atoms with Crippen molar-refractivity contribution in [1.82, 2.24) is 9.88 Å². The third kappa shape index (κ3) is 3.91. The lowest BCUT2D eigenvalue weighted by Gasteiger charge is -2.08. The lowest BCUT2D eigenvalue weighted by Crippen LogP contribution is -2.28. The molecule has 0 aliphatic rings. The molecule has 0 fully saturated rings. The monoisotopic (exact) mass is 339 g/mol. The number of carbonyl (C=O) groups excluding carboxylic acids is 1. The Morgan fingerprint density at radius 1 is 1.16 bits per heavy atom. The molecule has 0 spiro atoms. The first-order chi connectivity index (χ1) is 12.1. The molecule has 0 aliphatic carbocycles. The van der Waals surface area contributed by atoms with Crippen LogP contribution in [0.3, 0.4) is 0 Å². The number of aryl methyl sites for hydroxylation is 2. The van der Waals surface area contributed by atoms with Crippen LogP contribution in [-0.2, 0) is 13.1 Å². The number of carbonyl (C=O) groups is 1. The Morgan fingerprint density at radius 3 is 2.64 bits per heavy atom. The van der Waals surface area contributed by atoms with Gasteiger partial charge in [-0.05, 0) is 31.0 Å². The Morgan fingerprint density at radius 2 is 1.92 bits per heavy atom. The minimum absolute atomic E-state index is 0.310. The number of fused-ring (bicyclic) bond motifs is 1. The Balaban J connectivity index is 1.66. The topological polar surface area (TPSA) is 76.3 Å². The molecular formula is C19H21N3O3. The average molecular weight is 339 g/mol. The predicted molar refractivity (Wildman–Crippen MR) is 97.8 cm³/mol. The van der Waals surface area contributed by atoms with Gasteiger partial charge in [0.2, 0.25) is 0 Å². The molecule has 0 saturated carbocycles. The van der Waals surface area contributed by atoms with Crippen LogP contribution in [0.25, 0.3) is 11.1 Å². The number of hydrogen-bond donors (Lipinski definition) is 2. The second-order valence-electron chi connectivity index (χ2n) is 6.00. The van der Waals surface area contributed by atoms with Gasteiger partial charge in [0.05, 0.1) is 5.52 Å². The van der Waals surface area contributed by atoms with Gasteiger partial charge in [-0.1, -0.05) is 36.8 Å². The number of aromatic nitrogens is 1. The van der Waals surface area contributed by atoms with Crippen LogP contribution >= 0.6 is 0 Å². The second-order valence-corrected chi connectivity index (χ2v) is 6.00. The molecule has 6 nitrogen and oxygen atoms in total. The highest BCUT2D eigenvalue weighted by Gasteiger charge is 2.10. The molecule has 25 heavy (non-hydrogen) atoms. The molecule has 3 rings (SSSR count). The predicted octanol–water partition coefficient (Wildman–Crippen LogP) is 3.63. The fourth-order valence-electron chi connectivity index (χ4n) is 2.64. The van der Waals surface area contributed by atoms with Crippen molar-refractivity contribution in [1.29, 1.82) is 0 Å². The van der Waals surface area contributed by atoms with E-state index in [9.17, 15) is 9.59 Å². The maximum Gasteiger partial charge on any atom is 0.419 e. The van der Waals surface area contributed by atoms with Crippen LogP contribution in [0.1, 0.15) is 24.5 Å². The molecule has 0 bridgehead atoms. The van der Waals surface area contributed by atoms with Gasteiger partial charge in [-0.15, -0.1) is 0 Å². The molecule has 0 atom stereocenters. The van der Waals surface area contributed by atoms with Crippen LogP contribution in [0.2, 0.25) is 0 Å². The second kappa shape index (κ2) is 7.25. The highest BCUT2D eigenvalue weighted by Crippen LogP contribution is 2.18. The summed E-state index contributed by atoms with van der Waals surface area (Å²) in [7, 11) is 0.